The van der Waals surface area contributed by atoms with Crippen molar-refractivity contribution in [1.29, 1.82) is 0 Å². The Balaban J connectivity index is 2.22. The highest BCUT2D eigenvalue weighted by Crippen LogP contribution is 2.21. The van der Waals surface area contributed by atoms with Crippen molar-refractivity contribution in [2.75, 3.05) is 13.6 Å². The van der Waals surface area contributed by atoms with E-state index >= 15 is 0 Å². The number of carbonyl (C=O) groups excluding carboxylic acids is 2. The smallest absolute Gasteiger partial charge is 0.289 e. The average Bonchev–Trinajstić information content (AvgIpc) is 3.16. The summed E-state index contributed by atoms with van der Waals surface area (Å²) in [5.41, 5.74) is 1.15. The maximum Gasteiger partial charge on any atom is 0.289 e. The highest BCUT2D eigenvalue weighted by Gasteiger charge is 2.29. The first-order chi connectivity index (χ1) is 11.7. The standard InChI is InChI=1S/C17H25N5O3/c1-7-21(5)17(24)13(10(2)3)20-15(23)14-11(4)19-16(25-14)12-8-18-22(6)9-12/h8-10,13H,7H2,1-6H3,(H,20,23)/t13-/m0/s1. The van der Waals surface area contributed by atoms with Gasteiger partial charge in [-0.05, 0) is 19.8 Å². The predicted octanol–water partition coefficient (Wildman–Crippen LogP) is 1.62. The molecular formula is C17H25N5O3. The molecule has 2 aromatic heterocycles. The number of amides is 2. The van der Waals surface area contributed by atoms with Crippen molar-refractivity contribution in [2.45, 2.75) is 33.7 Å². The van der Waals surface area contributed by atoms with Crippen LogP contribution < -0.4 is 5.32 Å². The first-order valence-corrected chi connectivity index (χ1v) is 8.26. The maximum atomic E-state index is 12.6. The molecule has 1 N–H and O–H groups in total. The molecule has 0 unspecified atom stereocenters. The number of carbonyl (C=O) groups is 2. The molecule has 0 saturated heterocycles. The van der Waals surface area contributed by atoms with Gasteiger partial charge in [0.25, 0.3) is 5.91 Å². The zero-order valence-corrected chi connectivity index (χ0v) is 15.5. The molecule has 136 valence electrons. The van der Waals surface area contributed by atoms with Crippen molar-refractivity contribution in [1.82, 2.24) is 25.0 Å². The summed E-state index contributed by atoms with van der Waals surface area (Å²) in [6.07, 6.45) is 3.37. The molecule has 2 amide bonds. The molecule has 0 radical (unpaired) electrons. The molecule has 0 bridgehead atoms. The fourth-order valence-corrected chi connectivity index (χ4v) is 2.38. The number of aromatic nitrogens is 3. The Morgan fingerprint density at radius 1 is 1.40 bits per heavy atom. The first kappa shape index (κ1) is 18.7. The van der Waals surface area contributed by atoms with Crippen molar-refractivity contribution < 1.29 is 14.0 Å². The van der Waals surface area contributed by atoms with Crippen LogP contribution >= 0.6 is 0 Å². The van der Waals surface area contributed by atoms with E-state index in [1.165, 1.54) is 0 Å². The minimum absolute atomic E-state index is 0.0496. The number of likely N-dealkylation sites (N-methyl/N-ethyl adjacent to an activating group) is 1. The Kier molecular flexibility index (Phi) is 5.61. The summed E-state index contributed by atoms with van der Waals surface area (Å²) in [5, 5.41) is 6.84. The first-order valence-electron chi connectivity index (χ1n) is 8.26. The highest BCUT2D eigenvalue weighted by atomic mass is 16.4. The predicted molar refractivity (Wildman–Crippen MR) is 92.8 cm³/mol. The fraction of sp³-hybridized carbons (Fsp3) is 0.529. The molecule has 0 aromatic carbocycles. The fourth-order valence-electron chi connectivity index (χ4n) is 2.38. The van der Waals surface area contributed by atoms with E-state index < -0.39 is 11.9 Å². The molecule has 25 heavy (non-hydrogen) atoms. The Morgan fingerprint density at radius 3 is 2.60 bits per heavy atom. The van der Waals surface area contributed by atoms with Crippen LogP contribution in [0.4, 0.5) is 0 Å². The van der Waals surface area contributed by atoms with E-state index in [2.05, 4.69) is 15.4 Å². The minimum Gasteiger partial charge on any atom is -0.431 e. The van der Waals surface area contributed by atoms with E-state index in [-0.39, 0.29) is 17.6 Å². The number of rotatable bonds is 6. The maximum absolute atomic E-state index is 12.6. The van der Waals surface area contributed by atoms with Gasteiger partial charge in [-0.3, -0.25) is 14.3 Å². The van der Waals surface area contributed by atoms with Crippen LogP contribution in [0.15, 0.2) is 16.8 Å². The van der Waals surface area contributed by atoms with E-state index in [1.807, 2.05) is 20.8 Å². The molecule has 0 spiro atoms. The highest BCUT2D eigenvalue weighted by molar-refractivity contribution is 5.96. The summed E-state index contributed by atoms with van der Waals surface area (Å²) in [6.45, 7) is 7.94. The minimum atomic E-state index is -0.621. The number of hydrogen-bond donors (Lipinski definition) is 1. The SMILES string of the molecule is CCN(C)C(=O)[C@@H](NC(=O)c1oc(-c2cnn(C)c2)nc1C)C(C)C. The topological polar surface area (TPSA) is 93.3 Å². The van der Waals surface area contributed by atoms with Gasteiger partial charge in [0.15, 0.2) is 0 Å². The second-order valence-electron chi connectivity index (χ2n) is 6.38. The number of nitrogens with zero attached hydrogens (tertiary/aromatic N) is 4. The number of hydrogen-bond acceptors (Lipinski definition) is 5. The Morgan fingerprint density at radius 2 is 2.08 bits per heavy atom. The molecule has 0 saturated carbocycles. The summed E-state index contributed by atoms with van der Waals surface area (Å²) in [7, 11) is 3.50. The lowest BCUT2D eigenvalue weighted by molar-refractivity contribution is -0.132. The van der Waals surface area contributed by atoms with Gasteiger partial charge in [0.2, 0.25) is 17.6 Å². The van der Waals surface area contributed by atoms with Crippen LogP contribution in [0, 0.1) is 12.8 Å². The van der Waals surface area contributed by atoms with Crippen LogP contribution in [0.1, 0.15) is 37.0 Å². The van der Waals surface area contributed by atoms with Crippen molar-refractivity contribution in [3.8, 4) is 11.5 Å². The third kappa shape index (κ3) is 4.07. The van der Waals surface area contributed by atoms with E-state index in [4.69, 9.17) is 4.42 Å². The largest absolute Gasteiger partial charge is 0.431 e. The van der Waals surface area contributed by atoms with Gasteiger partial charge in [0.1, 0.15) is 6.04 Å². The summed E-state index contributed by atoms with van der Waals surface area (Å²) < 4.78 is 7.25. The third-order valence-electron chi connectivity index (χ3n) is 4.02. The van der Waals surface area contributed by atoms with Crippen molar-refractivity contribution in [2.24, 2.45) is 13.0 Å². The summed E-state index contributed by atoms with van der Waals surface area (Å²) in [6, 6.07) is -0.621. The van der Waals surface area contributed by atoms with Gasteiger partial charge in [-0.25, -0.2) is 4.98 Å². The average molecular weight is 347 g/mol. The van der Waals surface area contributed by atoms with Crippen LogP contribution in [0.25, 0.3) is 11.5 Å². The Labute approximate surface area is 147 Å². The monoisotopic (exact) mass is 347 g/mol. The Hall–Kier alpha value is -2.64. The molecular weight excluding hydrogens is 322 g/mol. The van der Waals surface area contributed by atoms with Gasteiger partial charge in [-0.1, -0.05) is 13.8 Å². The molecule has 0 aliphatic rings. The number of nitrogens with one attached hydrogen (secondary N) is 1. The van der Waals surface area contributed by atoms with E-state index in [0.29, 0.717) is 23.7 Å². The van der Waals surface area contributed by atoms with E-state index in [1.54, 1.807) is 43.0 Å². The lowest BCUT2D eigenvalue weighted by Crippen LogP contribution is -2.50. The molecule has 0 aliphatic carbocycles. The summed E-state index contributed by atoms with van der Waals surface area (Å²) in [4.78, 5) is 30.9. The molecule has 2 rings (SSSR count). The second-order valence-corrected chi connectivity index (χ2v) is 6.38. The molecule has 0 aliphatic heterocycles. The van der Waals surface area contributed by atoms with Crippen LogP contribution in [0.2, 0.25) is 0 Å². The molecule has 2 aromatic rings. The van der Waals surface area contributed by atoms with Crippen molar-refractivity contribution in [3.63, 3.8) is 0 Å². The molecule has 0 fully saturated rings. The molecule has 8 heteroatoms. The molecule has 2 heterocycles. The van der Waals surface area contributed by atoms with Gasteiger partial charge in [0.05, 0.1) is 17.5 Å². The lowest BCUT2D eigenvalue weighted by atomic mass is 10.0. The van der Waals surface area contributed by atoms with E-state index in [9.17, 15) is 9.59 Å². The van der Waals surface area contributed by atoms with Gasteiger partial charge in [-0.15, -0.1) is 0 Å². The normalized spacial score (nSPS) is 12.3. The van der Waals surface area contributed by atoms with Crippen LogP contribution in [-0.4, -0.2) is 51.1 Å². The van der Waals surface area contributed by atoms with Gasteiger partial charge in [-0.2, -0.15) is 5.10 Å². The zero-order valence-electron chi connectivity index (χ0n) is 15.5. The number of aryl methyl sites for hydroxylation is 2. The molecule has 1 atom stereocenters. The summed E-state index contributed by atoms with van der Waals surface area (Å²) >= 11 is 0. The van der Waals surface area contributed by atoms with Crippen LogP contribution in [0.5, 0.6) is 0 Å². The molecule has 8 nitrogen and oxygen atoms in total. The van der Waals surface area contributed by atoms with Crippen LogP contribution in [-0.2, 0) is 11.8 Å². The zero-order chi connectivity index (χ0) is 18.7. The van der Waals surface area contributed by atoms with Gasteiger partial charge >= 0.3 is 0 Å². The number of oxazole rings is 1. The van der Waals surface area contributed by atoms with Crippen molar-refractivity contribution >= 4 is 11.8 Å². The second kappa shape index (κ2) is 7.50. The Bertz CT molecular complexity index is 762. The summed E-state index contributed by atoms with van der Waals surface area (Å²) in [5.74, 6) is -0.191. The van der Waals surface area contributed by atoms with Gasteiger partial charge < -0.3 is 14.6 Å². The van der Waals surface area contributed by atoms with Crippen LogP contribution in [0.3, 0.4) is 0 Å². The quantitative estimate of drug-likeness (QED) is 0.857. The third-order valence-corrected chi connectivity index (χ3v) is 4.02. The van der Waals surface area contributed by atoms with E-state index in [0.717, 1.165) is 0 Å². The van der Waals surface area contributed by atoms with Gasteiger partial charge in [0, 0.05) is 26.8 Å². The lowest BCUT2D eigenvalue weighted by Gasteiger charge is -2.25. The van der Waals surface area contributed by atoms with Crippen molar-refractivity contribution in [3.05, 3.63) is 23.8 Å².